The van der Waals surface area contributed by atoms with Crippen LogP contribution in [0.25, 0.3) is 22.4 Å². The van der Waals surface area contributed by atoms with E-state index in [0.29, 0.717) is 15.1 Å². The van der Waals surface area contributed by atoms with E-state index in [1.54, 1.807) is 12.1 Å². The number of halogens is 3. The molecule has 1 N–H and O–H groups in total. The van der Waals surface area contributed by atoms with Gasteiger partial charge in [-0.1, -0.05) is 34.8 Å². The maximum absolute atomic E-state index is 5.99. The lowest BCUT2D eigenvalue weighted by Crippen LogP contribution is -1.80. The van der Waals surface area contributed by atoms with Crippen LogP contribution in [0.4, 0.5) is 0 Å². The lowest BCUT2D eigenvalue weighted by molar-refractivity contribution is 1.34. The number of fused-ring (bicyclic) bond motifs is 1. The van der Waals surface area contributed by atoms with Crippen molar-refractivity contribution in [1.82, 2.24) is 9.97 Å². The molecule has 1 heterocycles. The first-order chi connectivity index (χ1) is 8.63. The minimum Gasteiger partial charge on any atom is -0.338 e. The molecule has 0 saturated heterocycles. The monoisotopic (exact) mass is 296 g/mol. The van der Waals surface area contributed by atoms with E-state index in [9.17, 15) is 0 Å². The highest BCUT2D eigenvalue weighted by atomic mass is 35.5. The molecule has 0 bridgehead atoms. The van der Waals surface area contributed by atoms with E-state index in [1.165, 1.54) is 0 Å². The van der Waals surface area contributed by atoms with Gasteiger partial charge in [0.15, 0.2) is 0 Å². The smallest absolute Gasteiger partial charge is 0.138 e. The molecule has 0 aliphatic carbocycles. The molecule has 3 aromatic rings. The molecule has 2 nitrogen and oxygen atoms in total. The van der Waals surface area contributed by atoms with Crippen LogP contribution < -0.4 is 0 Å². The standard InChI is InChI=1S/C13H7Cl3N2/c14-8-2-4-11-12(6-8)18-13(17-11)7-1-3-9(15)10(16)5-7/h1-6H,(H,17,18). The Kier molecular flexibility index (Phi) is 2.94. The van der Waals surface area contributed by atoms with Gasteiger partial charge in [0.05, 0.1) is 21.1 Å². The van der Waals surface area contributed by atoms with Crippen LogP contribution in [0.3, 0.4) is 0 Å². The molecule has 2 aromatic carbocycles. The number of nitrogens with one attached hydrogen (secondary N) is 1. The molecule has 5 heteroatoms. The van der Waals surface area contributed by atoms with Crippen LogP contribution in [0.1, 0.15) is 0 Å². The number of rotatable bonds is 1. The Labute approximate surface area is 119 Å². The quantitative estimate of drug-likeness (QED) is 0.658. The Morgan fingerprint density at radius 1 is 0.889 bits per heavy atom. The summed E-state index contributed by atoms with van der Waals surface area (Å²) in [6, 6.07) is 10.9. The number of hydrogen-bond donors (Lipinski definition) is 1. The van der Waals surface area contributed by atoms with Crippen LogP contribution in [0.15, 0.2) is 36.4 Å². The zero-order valence-corrected chi connectivity index (χ0v) is 11.3. The van der Waals surface area contributed by atoms with Crippen LogP contribution in [-0.2, 0) is 0 Å². The van der Waals surface area contributed by atoms with Crippen molar-refractivity contribution in [2.45, 2.75) is 0 Å². The average Bonchev–Trinajstić information content (AvgIpc) is 2.75. The van der Waals surface area contributed by atoms with E-state index in [2.05, 4.69) is 9.97 Å². The Morgan fingerprint density at radius 3 is 2.50 bits per heavy atom. The zero-order valence-electron chi connectivity index (χ0n) is 9.05. The van der Waals surface area contributed by atoms with E-state index in [0.717, 1.165) is 22.4 Å². The summed E-state index contributed by atoms with van der Waals surface area (Å²) in [4.78, 5) is 7.69. The average molecular weight is 298 g/mol. The van der Waals surface area contributed by atoms with Crippen LogP contribution in [-0.4, -0.2) is 9.97 Å². The van der Waals surface area contributed by atoms with Gasteiger partial charge in [0.25, 0.3) is 0 Å². The van der Waals surface area contributed by atoms with Gasteiger partial charge in [0.1, 0.15) is 5.82 Å². The molecule has 0 saturated carbocycles. The molecule has 0 aliphatic rings. The Morgan fingerprint density at radius 2 is 1.72 bits per heavy atom. The summed E-state index contributed by atoms with van der Waals surface area (Å²) in [6.45, 7) is 0. The third-order valence-electron chi connectivity index (χ3n) is 2.64. The lowest BCUT2D eigenvalue weighted by Gasteiger charge is -1.99. The molecule has 0 aliphatic heterocycles. The minimum atomic E-state index is 0.507. The second-order valence-electron chi connectivity index (χ2n) is 3.88. The van der Waals surface area contributed by atoms with Crippen LogP contribution in [0.5, 0.6) is 0 Å². The Bertz CT molecular complexity index is 734. The largest absolute Gasteiger partial charge is 0.338 e. The second kappa shape index (κ2) is 4.47. The fourth-order valence-corrected chi connectivity index (χ4v) is 2.22. The van der Waals surface area contributed by atoms with Crippen LogP contribution >= 0.6 is 34.8 Å². The van der Waals surface area contributed by atoms with Gasteiger partial charge in [-0.3, -0.25) is 0 Å². The second-order valence-corrected chi connectivity index (χ2v) is 5.13. The van der Waals surface area contributed by atoms with Crippen molar-refractivity contribution in [3.05, 3.63) is 51.5 Å². The summed E-state index contributed by atoms with van der Waals surface area (Å²) in [6.07, 6.45) is 0. The van der Waals surface area contributed by atoms with Crippen molar-refractivity contribution in [3.63, 3.8) is 0 Å². The summed E-state index contributed by atoms with van der Waals surface area (Å²) >= 11 is 17.8. The van der Waals surface area contributed by atoms with Crippen molar-refractivity contribution < 1.29 is 0 Å². The molecular weight excluding hydrogens is 291 g/mol. The van der Waals surface area contributed by atoms with E-state index >= 15 is 0 Å². The molecule has 1 aromatic heterocycles. The first-order valence-corrected chi connectivity index (χ1v) is 6.37. The molecular formula is C13H7Cl3N2. The van der Waals surface area contributed by atoms with Gasteiger partial charge in [-0.05, 0) is 36.4 Å². The number of benzene rings is 2. The van der Waals surface area contributed by atoms with Crippen molar-refractivity contribution in [1.29, 1.82) is 0 Å². The SMILES string of the molecule is Clc1ccc2[nH]c(-c3ccc(Cl)c(Cl)c3)nc2c1. The highest BCUT2D eigenvalue weighted by Crippen LogP contribution is 2.28. The summed E-state index contributed by atoms with van der Waals surface area (Å²) in [5.74, 6) is 0.742. The van der Waals surface area contributed by atoms with Crippen molar-refractivity contribution in [2.75, 3.05) is 0 Å². The highest BCUT2D eigenvalue weighted by molar-refractivity contribution is 6.42. The van der Waals surface area contributed by atoms with Gasteiger partial charge < -0.3 is 4.98 Å². The van der Waals surface area contributed by atoms with Gasteiger partial charge in [-0.2, -0.15) is 0 Å². The van der Waals surface area contributed by atoms with Crippen LogP contribution in [0.2, 0.25) is 15.1 Å². The number of aromatic amines is 1. The number of nitrogens with zero attached hydrogens (tertiary/aromatic N) is 1. The number of imidazole rings is 1. The van der Waals surface area contributed by atoms with E-state index < -0.39 is 0 Å². The first-order valence-electron chi connectivity index (χ1n) is 5.24. The van der Waals surface area contributed by atoms with Gasteiger partial charge in [-0.25, -0.2) is 4.98 Å². The maximum atomic E-state index is 5.99. The Balaban J connectivity index is 2.16. The number of hydrogen-bond acceptors (Lipinski definition) is 1. The van der Waals surface area contributed by atoms with Crippen molar-refractivity contribution >= 4 is 45.8 Å². The van der Waals surface area contributed by atoms with Crippen LogP contribution in [0, 0.1) is 0 Å². The lowest BCUT2D eigenvalue weighted by atomic mass is 10.2. The molecule has 18 heavy (non-hydrogen) atoms. The maximum Gasteiger partial charge on any atom is 0.138 e. The van der Waals surface area contributed by atoms with Gasteiger partial charge >= 0.3 is 0 Å². The van der Waals surface area contributed by atoms with Crippen molar-refractivity contribution in [2.24, 2.45) is 0 Å². The molecule has 3 rings (SSSR count). The topological polar surface area (TPSA) is 28.7 Å². The molecule has 0 radical (unpaired) electrons. The van der Waals surface area contributed by atoms with Gasteiger partial charge in [0.2, 0.25) is 0 Å². The summed E-state index contributed by atoms with van der Waals surface area (Å²) in [5, 5.41) is 1.70. The van der Waals surface area contributed by atoms with Crippen molar-refractivity contribution in [3.8, 4) is 11.4 Å². The molecule has 0 unspecified atom stereocenters. The van der Waals surface area contributed by atoms with E-state index in [4.69, 9.17) is 34.8 Å². The summed E-state index contributed by atoms with van der Waals surface area (Å²) < 4.78 is 0. The highest BCUT2D eigenvalue weighted by Gasteiger charge is 2.07. The molecule has 0 atom stereocenters. The molecule has 90 valence electrons. The number of H-pyrrole nitrogens is 1. The minimum absolute atomic E-state index is 0.507. The third-order valence-corrected chi connectivity index (χ3v) is 3.61. The van der Waals surface area contributed by atoms with E-state index in [1.807, 2.05) is 24.3 Å². The predicted molar refractivity (Wildman–Crippen MR) is 76.6 cm³/mol. The first kappa shape index (κ1) is 11.8. The summed E-state index contributed by atoms with van der Waals surface area (Å²) in [7, 11) is 0. The zero-order chi connectivity index (χ0) is 12.7. The molecule has 0 amide bonds. The molecule has 0 spiro atoms. The fraction of sp³-hybridized carbons (Fsp3) is 0. The summed E-state index contributed by atoms with van der Waals surface area (Å²) in [5.41, 5.74) is 2.64. The molecule has 0 fully saturated rings. The van der Waals surface area contributed by atoms with Gasteiger partial charge in [0, 0.05) is 10.6 Å². The Hall–Kier alpha value is -1.22. The normalized spacial score (nSPS) is 11.1. The van der Waals surface area contributed by atoms with E-state index in [-0.39, 0.29) is 0 Å². The fourth-order valence-electron chi connectivity index (χ4n) is 1.76. The van der Waals surface area contributed by atoms with Gasteiger partial charge in [-0.15, -0.1) is 0 Å². The predicted octanol–water partition coefficient (Wildman–Crippen LogP) is 5.19. The third kappa shape index (κ3) is 2.07. The number of aromatic nitrogens is 2.